The van der Waals surface area contributed by atoms with Gasteiger partial charge in [-0.05, 0) is 43.7 Å². The molecule has 0 bridgehead atoms. The van der Waals surface area contributed by atoms with Crippen molar-refractivity contribution in [1.82, 2.24) is 19.9 Å². The van der Waals surface area contributed by atoms with Crippen LogP contribution in [-0.4, -0.2) is 32.4 Å². The van der Waals surface area contributed by atoms with Crippen LogP contribution in [0.1, 0.15) is 35.8 Å². The number of fused-ring (bicyclic) bond motifs is 1. The number of nitrogens with zero attached hydrogens (tertiary/aromatic N) is 5. The number of amides is 1. The summed E-state index contributed by atoms with van der Waals surface area (Å²) < 4.78 is 0. The van der Waals surface area contributed by atoms with E-state index >= 15 is 0 Å². The second-order valence-electron chi connectivity index (χ2n) is 6.82. The van der Waals surface area contributed by atoms with E-state index in [1.807, 2.05) is 44.2 Å². The van der Waals surface area contributed by atoms with Gasteiger partial charge >= 0.3 is 0 Å². The van der Waals surface area contributed by atoms with E-state index in [0.29, 0.717) is 29.4 Å². The average Bonchev–Trinajstić information content (AvgIpc) is 2.80. The molecule has 4 rings (SSSR count). The molecule has 0 spiro atoms. The van der Waals surface area contributed by atoms with Crippen molar-refractivity contribution < 1.29 is 4.79 Å². The number of carbonyl (C=O) groups is 1. The molecular formula is C23H22N6O. The standard InChI is InChI=1S/C23H22N6O/c1-3-29(22(30)18-9-10-19-20(15-18)25-14-13-24-19)21-11-12-26-23(28-21)27-16(2)17-7-5-4-6-8-17/h4-16H,3H2,1-2H3,(H,26,27,28)/t16-/m0/s1. The summed E-state index contributed by atoms with van der Waals surface area (Å²) in [6.45, 7) is 4.44. The summed E-state index contributed by atoms with van der Waals surface area (Å²) in [7, 11) is 0. The van der Waals surface area contributed by atoms with E-state index in [1.54, 1.807) is 47.8 Å². The van der Waals surface area contributed by atoms with E-state index in [1.165, 1.54) is 0 Å². The minimum Gasteiger partial charge on any atom is -0.348 e. The van der Waals surface area contributed by atoms with Gasteiger partial charge < -0.3 is 5.32 Å². The monoisotopic (exact) mass is 398 g/mol. The Morgan fingerprint density at radius 1 is 0.967 bits per heavy atom. The third kappa shape index (κ3) is 4.10. The lowest BCUT2D eigenvalue weighted by atomic mass is 10.1. The molecule has 2 aromatic heterocycles. The van der Waals surface area contributed by atoms with Crippen LogP contribution in [0.2, 0.25) is 0 Å². The number of aromatic nitrogens is 4. The Labute approximate surface area is 174 Å². The SMILES string of the molecule is CCN(C(=O)c1ccc2nccnc2c1)c1ccnc(N[C@@H](C)c2ccccc2)n1. The highest BCUT2D eigenvalue weighted by atomic mass is 16.2. The average molecular weight is 398 g/mol. The molecule has 0 radical (unpaired) electrons. The van der Waals surface area contributed by atoms with Crippen molar-refractivity contribution in [3.8, 4) is 0 Å². The van der Waals surface area contributed by atoms with E-state index in [2.05, 4.69) is 25.3 Å². The molecule has 0 aliphatic rings. The van der Waals surface area contributed by atoms with E-state index in [9.17, 15) is 4.79 Å². The maximum atomic E-state index is 13.2. The number of benzene rings is 2. The molecule has 0 saturated heterocycles. The quantitative estimate of drug-likeness (QED) is 0.522. The topological polar surface area (TPSA) is 83.9 Å². The van der Waals surface area contributed by atoms with Gasteiger partial charge in [0, 0.05) is 30.7 Å². The molecule has 7 nitrogen and oxygen atoms in total. The molecule has 1 atom stereocenters. The molecule has 0 aliphatic carbocycles. The fraction of sp³-hybridized carbons (Fsp3) is 0.174. The van der Waals surface area contributed by atoms with Crippen molar-refractivity contribution in [2.24, 2.45) is 0 Å². The summed E-state index contributed by atoms with van der Waals surface area (Å²) in [5.74, 6) is 0.866. The van der Waals surface area contributed by atoms with E-state index in [0.717, 1.165) is 11.1 Å². The van der Waals surface area contributed by atoms with Crippen molar-refractivity contribution in [3.05, 3.63) is 84.3 Å². The number of hydrogen-bond acceptors (Lipinski definition) is 6. The summed E-state index contributed by atoms with van der Waals surface area (Å²) in [5.41, 5.74) is 3.10. The van der Waals surface area contributed by atoms with Crippen molar-refractivity contribution >= 4 is 28.7 Å². The maximum absolute atomic E-state index is 13.2. The fourth-order valence-corrected chi connectivity index (χ4v) is 3.25. The number of anilines is 2. The highest BCUT2D eigenvalue weighted by Gasteiger charge is 2.19. The summed E-state index contributed by atoms with van der Waals surface area (Å²) in [5, 5.41) is 3.30. The second-order valence-corrected chi connectivity index (χ2v) is 6.82. The van der Waals surface area contributed by atoms with Crippen LogP contribution >= 0.6 is 0 Å². The van der Waals surface area contributed by atoms with E-state index in [-0.39, 0.29) is 11.9 Å². The first kappa shape index (κ1) is 19.4. The summed E-state index contributed by atoms with van der Waals surface area (Å²) in [6.07, 6.45) is 4.91. The second kappa shape index (κ2) is 8.65. The largest absolute Gasteiger partial charge is 0.348 e. The normalized spacial score (nSPS) is 11.8. The molecule has 7 heteroatoms. The van der Waals surface area contributed by atoms with Gasteiger partial charge in [-0.15, -0.1) is 0 Å². The van der Waals surface area contributed by atoms with Crippen LogP contribution in [0.5, 0.6) is 0 Å². The highest BCUT2D eigenvalue weighted by Crippen LogP contribution is 2.20. The molecule has 2 heterocycles. The van der Waals surface area contributed by atoms with Gasteiger partial charge in [-0.25, -0.2) is 4.98 Å². The van der Waals surface area contributed by atoms with Gasteiger partial charge in [0.1, 0.15) is 5.82 Å². The molecule has 1 N–H and O–H groups in total. The lowest BCUT2D eigenvalue weighted by Gasteiger charge is -2.21. The lowest BCUT2D eigenvalue weighted by molar-refractivity contribution is 0.0987. The molecule has 0 saturated carbocycles. The number of rotatable bonds is 6. The van der Waals surface area contributed by atoms with Gasteiger partial charge in [0.15, 0.2) is 0 Å². The Morgan fingerprint density at radius 2 is 1.73 bits per heavy atom. The van der Waals surface area contributed by atoms with Crippen LogP contribution in [0.25, 0.3) is 11.0 Å². The van der Waals surface area contributed by atoms with Crippen molar-refractivity contribution in [3.63, 3.8) is 0 Å². The Bertz CT molecular complexity index is 1160. The minimum atomic E-state index is -0.147. The third-order valence-corrected chi connectivity index (χ3v) is 4.84. The Kier molecular flexibility index (Phi) is 5.61. The summed E-state index contributed by atoms with van der Waals surface area (Å²) in [4.78, 5) is 32.2. The van der Waals surface area contributed by atoms with Crippen LogP contribution in [0.3, 0.4) is 0 Å². The van der Waals surface area contributed by atoms with Crippen LogP contribution in [0.4, 0.5) is 11.8 Å². The highest BCUT2D eigenvalue weighted by molar-refractivity contribution is 6.07. The Hall–Kier alpha value is -3.87. The first-order valence-electron chi connectivity index (χ1n) is 9.83. The predicted molar refractivity (Wildman–Crippen MR) is 117 cm³/mol. The van der Waals surface area contributed by atoms with Gasteiger partial charge in [0.05, 0.1) is 17.1 Å². The van der Waals surface area contributed by atoms with Crippen LogP contribution < -0.4 is 10.2 Å². The molecule has 0 aliphatic heterocycles. The zero-order valence-electron chi connectivity index (χ0n) is 16.9. The van der Waals surface area contributed by atoms with Crippen LogP contribution in [-0.2, 0) is 0 Å². The maximum Gasteiger partial charge on any atom is 0.259 e. The van der Waals surface area contributed by atoms with Gasteiger partial charge in [-0.2, -0.15) is 4.98 Å². The third-order valence-electron chi connectivity index (χ3n) is 4.84. The zero-order chi connectivity index (χ0) is 20.9. The lowest BCUT2D eigenvalue weighted by Crippen LogP contribution is -2.31. The van der Waals surface area contributed by atoms with Crippen molar-refractivity contribution in [1.29, 1.82) is 0 Å². The molecular weight excluding hydrogens is 376 g/mol. The number of hydrogen-bond donors (Lipinski definition) is 1. The number of carbonyl (C=O) groups excluding carboxylic acids is 1. The van der Waals surface area contributed by atoms with Gasteiger partial charge in [-0.1, -0.05) is 30.3 Å². The molecule has 150 valence electrons. The molecule has 4 aromatic rings. The van der Waals surface area contributed by atoms with Crippen LogP contribution in [0, 0.1) is 0 Å². The van der Waals surface area contributed by atoms with E-state index < -0.39 is 0 Å². The Morgan fingerprint density at radius 3 is 2.50 bits per heavy atom. The summed E-state index contributed by atoms with van der Waals surface area (Å²) >= 11 is 0. The minimum absolute atomic E-state index is 0.0336. The fourth-order valence-electron chi connectivity index (χ4n) is 3.25. The Balaban J connectivity index is 1.58. The van der Waals surface area contributed by atoms with Gasteiger partial charge in [-0.3, -0.25) is 19.7 Å². The predicted octanol–water partition coefficient (Wildman–Crippen LogP) is 4.26. The molecule has 1 amide bonds. The first-order valence-corrected chi connectivity index (χ1v) is 9.83. The smallest absolute Gasteiger partial charge is 0.259 e. The van der Waals surface area contributed by atoms with Crippen molar-refractivity contribution in [2.45, 2.75) is 19.9 Å². The molecule has 30 heavy (non-hydrogen) atoms. The molecule has 0 fully saturated rings. The zero-order valence-corrected chi connectivity index (χ0v) is 16.9. The van der Waals surface area contributed by atoms with Gasteiger partial charge in [0.2, 0.25) is 5.95 Å². The number of nitrogens with one attached hydrogen (secondary N) is 1. The summed E-state index contributed by atoms with van der Waals surface area (Å²) in [6, 6.07) is 17.2. The van der Waals surface area contributed by atoms with Crippen LogP contribution in [0.15, 0.2) is 73.2 Å². The van der Waals surface area contributed by atoms with E-state index in [4.69, 9.17) is 0 Å². The van der Waals surface area contributed by atoms with Gasteiger partial charge in [0.25, 0.3) is 5.91 Å². The molecule has 0 unspecified atom stereocenters. The first-order chi connectivity index (χ1) is 14.7. The van der Waals surface area contributed by atoms with Crippen molar-refractivity contribution in [2.75, 3.05) is 16.8 Å². The molecule has 2 aromatic carbocycles.